The minimum atomic E-state index is -4.11. The van der Waals surface area contributed by atoms with Crippen LogP contribution < -0.4 is 18.9 Å². The van der Waals surface area contributed by atoms with Crippen molar-refractivity contribution in [3.8, 4) is 23.0 Å². The summed E-state index contributed by atoms with van der Waals surface area (Å²) in [6, 6.07) is 0. The summed E-state index contributed by atoms with van der Waals surface area (Å²) in [6.45, 7) is 3.68. The molecular weight excluding hydrogens is 524 g/mol. The van der Waals surface area contributed by atoms with Crippen molar-refractivity contribution in [3.05, 3.63) is 21.5 Å². The van der Waals surface area contributed by atoms with Crippen LogP contribution >= 0.6 is 22.7 Å². The molecule has 11 heteroatoms. The third kappa shape index (κ3) is 7.98. The second kappa shape index (κ2) is 13.3. The van der Waals surface area contributed by atoms with Crippen molar-refractivity contribution in [2.24, 2.45) is 5.92 Å². The lowest BCUT2D eigenvalue weighted by molar-refractivity contribution is 0.00618. The molecule has 2 aliphatic heterocycles. The zero-order chi connectivity index (χ0) is 25.4. The Morgan fingerprint density at radius 2 is 1.47 bits per heavy atom. The highest BCUT2D eigenvalue weighted by molar-refractivity contribution is 7.86. The average Bonchev–Trinajstić information content (AvgIpc) is 3.51. The maximum absolute atomic E-state index is 12.0. The monoisotopic (exact) mass is 560 g/mol. The van der Waals surface area contributed by atoms with E-state index in [1.54, 1.807) is 11.3 Å². The van der Waals surface area contributed by atoms with Crippen LogP contribution in [0.2, 0.25) is 0 Å². The van der Waals surface area contributed by atoms with Crippen molar-refractivity contribution in [2.75, 3.05) is 26.4 Å². The molecule has 0 fully saturated rings. The fourth-order valence-corrected chi connectivity index (χ4v) is 7.12. The summed E-state index contributed by atoms with van der Waals surface area (Å²) in [5.74, 6) is 3.01. The van der Waals surface area contributed by atoms with Gasteiger partial charge in [-0.3, -0.25) is 4.55 Å². The molecule has 0 saturated heterocycles. The van der Waals surface area contributed by atoms with Gasteiger partial charge in [-0.2, -0.15) is 8.42 Å². The largest absolute Gasteiger partial charge is 0.485 e. The molecule has 202 valence electrons. The summed E-state index contributed by atoms with van der Waals surface area (Å²) < 4.78 is 62.7. The van der Waals surface area contributed by atoms with E-state index in [0.717, 1.165) is 61.5 Å². The van der Waals surface area contributed by atoms with E-state index in [4.69, 9.17) is 23.7 Å². The minimum absolute atomic E-state index is 0.101. The molecule has 0 aliphatic carbocycles. The standard InChI is InChI=1S/C25H36O8S3/c1-18(9-10-29-11-20-13-31-22-15-35-17-24(22)33-20)25(36(26,27)28)8-6-4-2-3-5-7-19-12-30-21-14-34-16-23(21)32-19/h14-20,25H,2-13H2,1H3,(H,26,27,28). The van der Waals surface area contributed by atoms with E-state index in [2.05, 4.69) is 0 Å². The summed E-state index contributed by atoms with van der Waals surface area (Å²) >= 11 is 3.11. The van der Waals surface area contributed by atoms with E-state index in [0.29, 0.717) is 39.3 Å². The van der Waals surface area contributed by atoms with Crippen LogP contribution in [0.1, 0.15) is 58.3 Å². The van der Waals surface area contributed by atoms with Gasteiger partial charge in [0.15, 0.2) is 29.1 Å². The van der Waals surface area contributed by atoms with Crippen LogP contribution in [0.15, 0.2) is 21.5 Å². The van der Waals surface area contributed by atoms with Crippen molar-refractivity contribution >= 4 is 32.8 Å². The van der Waals surface area contributed by atoms with Crippen LogP contribution in [0.4, 0.5) is 0 Å². The zero-order valence-electron chi connectivity index (χ0n) is 20.6. The predicted octanol–water partition coefficient (Wildman–Crippen LogP) is 5.82. The highest BCUT2D eigenvalue weighted by Crippen LogP contribution is 2.36. The number of rotatable bonds is 15. The Bertz CT molecular complexity index is 1030. The van der Waals surface area contributed by atoms with E-state index in [9.17, 15) is 13.0 Å². The first-order valence-electron chi connectivity index (χ1n) is 12.7. The number of thiophene rings is 2. The van der Waals surface area contributed by atoms with Crippen LogP contribution in [0.25, 0.3) is 0 Å². The Kier molecular flexibility index (Phi) is 10.2. The molecule has 4 unspecified atom stereocenters. The smallest absolute Gasteiger partial charge is 0.268 e. The van der Waals surface area contributed by atoms with Crippen molar-refractivity contribution in [1.29, 1.82) is 0 Å². The van der Waals surface area contributed by atoms with Gasteiger partial charge in [0.1, 0.15) is 19.3 Å². The lowest BCUT2D eigenvalue weighted by Crippen LogP contribution is -2.33. The van der Waals surface area contributed by atoms with Crippen molar-refractivity contribution in [3.63, 3.8) is 0 Å². The molecule has 0 radical (unpaired) electrons. The van der Waals surface area contributed by atoms with Gasteiger partial charge in [-0.1, -0.05) is 32.6 Å². The molecular formula is C25H36O8S3. The second-order valence-electron chi connectivity index (χ2n) is 9.54. The number of unbranched alkanes of at least 4 members (excludes halogenated alkanes) is 4. The van der Waals surface area contributed by atoms with E-state index < -0.39 is 15.4 Å². The molecule has 4 heterocycles. The summed E-state index contributed by atoms with van der Waals surface area (Å²) in [7, 11) is -4.11. The fraction of sp³-hybridized carbons (Fsp3) is 0.680. The first-order valence-corrected chi connectivity index (χ1v) is 16.0. The van der Waals surface area contributed by atoms with Gasteiger partial charge in [0.05, 0.1) is 11.9 Å². The molecule has 36 heavy (non-hydrogen) atoms. The summed E-state index contributed by atoms with van der Waals surface area (Å²) in [5, 5.41) is 6.97. The van der Waals surface area contributed by atoms with Crippen LogP contribution in [0.3, 0.4) is 0 Å². The fourth-order valence-electron chi connectivity index (χ4n) is 4.59. The molecule has 2 aliphatic rings. The SMILES string of the molecule is CC(CCOCC1COc2cscc2O1)C(CCCCCCCC1COc2cscc2O1)S(=O)(=O)O. The molecule has 4 atom stereocenters. The molecule has 0 aromatic carbocycles. The molecule has 2 aromatic heterocycles. The Balaban J connectivity index is 1.06. The maximum atomic E-state index is 12.0. The topological polar surface area (TPSA) is 101 Å². The van der Waals surface area contributed by atoms with Gasteiger partial charge in [0.25, 0.3) is 10.1 Å². The van der Waals surface area contributed by atoms with Gasteiger partial charge >= 0.3 is 0 Å². The molecule has 8 nitrogen and oxygen atoms in total. The Hall–Kier alpha value is -1.53. The van der Waals surface area contributed by atoms with Crippen molar-refractivity contribution < 1.29 is 36.7 Å². The van der Waals surface area contributed by atoms with Gasteiger partial charge in [0.2, 0.25) is 0 Å². The van der Waals surface area contributed by atoms with Crippen molar-refractivity contribution in [2.45, 2.75) is 75.7 Å². The van der Waals surface area contributed by atoms with E-state index >= 15 is 0 Å². The third-order valence-electron chi connectivity index (χ3n) is 6.68. The Labute approximate surface area is 221 Å². The van der Waals surface area contributed by atoms with Crippen LogP contribution in [-0.4, -0.2) is 56.9 Å². The summed E-state index contributed by atoms with van der Waals surface area (Å²) in [4.78, 5) is 0. The highest BCUT2D eigenvalue weighted by atomic mass is 32.2. The predicted molar refractivity (Wildman–Crippen MR) is 141 cm³/mol. The third-order valence-corrected chi connectivity index (χ3v) is 9.54. The first-order chi connectivity index (χ1) is 17.4. The van der Waals surface area contributed by atoms with Gasteiger partial charge in [-0.25, -0.2) is 0 Å². The number of hydrogen-bond donors (Lipinski definition) is 1. The number of ether oxygens (including phenoxy) is 5. The molecule has 0 bridgehead atoms. The maximum Gasteiger partial charge on any atom is 0.268 e. The molecule has 0 saturated carbocycles. The summed E-state index contributed by atoms with van der Waals surface area (Å²) in [5.41, 5.74) is 0. The normalized spacial score (nSPS) is 20.7. The quantitative estimate of drug-likeness (QED) is 0.215. The molecule has 0 amide bonds. The van der Waals surface area contributed by atoms with Gasteiger partial charge in [-0.05, 0) is 31.6 Å². The lowest BCUT2D eigenvalue weighted by Gasteiger charge is -2.25. The van der Waals surface area contributed by atoms with Crippen LogP contribution in [0.5, 0.6) is 23.0 Å². The van der Waals surface area contributed by atoms with E-state index in [1.165, 1.54) is 11.3 Å². The van der Waals surface area contributed by atoms with Gasteiger partial charge < -0.3 is 23.7 Å². The molecule has 4 rings (SSSR count). The van der Waals surface area contributed by atoms with Gasteiger partial charge in [-0.15, -0.1) is 22.7 Å². The van der Waals surface area contributed by atoms with Gasteiger partial charge in [0, 0.05) is 28.1 Å². The average molecular weight is 561 g/mol. The van der Waals surface area contributed by atoms with Crippen LogP contribution in [-0.2, 0) is 14.9 Å². The summed E-state index contributed by atoms with van der Waals surface area (Å²) in [6.07, 6.45) is 6.74. The van der Waals surface area contributed by atoms with E-state index in [1.807, 2.05) is 28.4 Å². The van der Waals surface area contributed by atoms with Crippen LogP contribution in [0, 0.1) is 5.92 Å². The lowest BCUT2D eigenvalue weighted by atomic mass is 9.98. The zero-order valence-corrected chi connectivity index (χ0v) is 23.1. The second-order valence-corrected chi connectivity index (χ2v) is 12.7. The molecule has 1 N–H and O–H groups in total. The van der Waals surface area contributed by atoms with Crippen molar-refractivity contribution in [1.82, 2.24) is 0 Å². The Morgan fingerprint density at radius 3 is 2.17 bits per heavy atom. The highest BCUT2D eigenvalue weighted by Gasteiger charge is 2.29. The number of fused-ring (bicyclic) bond motifs is 2. The Morgan fingerprint density at radius 1 is 0.889 bits per heavy atom. The first kappa shape index (κ1) is 27.5. The molecule has 2 aromatic rings. The minimum Gasteiger partial charge on any atom is -0.485 e. The molecule has 0 spiro atoms. The number of hydrogen-bond acceptors (Lipinski definition) is 9. The van der Waals surface area contributed by atoms with E-state index in [-0.39, 0.29) is 18.1 Å².